The predicted molar refractivity (Wildman–Crippen MR) is 159 cm³/mol. The lowest BCUT2D eigenvalue weighted by Gasteiger charge is -2.23. The first kappa shape index (κ1) is 30.8. The maximum absolute atomic E-state index is 12.5. The topological polar surface area (TPSA) is 118 Å². The van der Waals surface area contributed by atoms with Gasteiger partial charge in [-0.05, 0) is 64.5 Å². The van der Waals surface area contributed by atoms with Gasteiger partial charge in [-0.2, -0.15) is 13.2 Å². The molecule has 10 nitrogen and oxygen atoms in total. The van der Waals surface area contributed by atoms with Crippen molar-refractivity contribution in [3.8, 4) is 0 Å². The van der Waals surface area contributed by atoms with Crippen LogP contribution in [0, 0.1) is 0 Å². The Morgan fingerprint density at radius 2 is 1.23 bits per heavy atom. The zero-order chi connectivity index (χ0) is 30.1. The molecule has 0 amide bonds. The second-order valence-electron chi connectivity index (χ2n) is 9.61. The second kappa shape index (κ2) is 14.7. The average Bonchev–Trinajstić information content (AvgIpc) is 3.04. The largest absolute Gasteiger partial charge is 0.433 e. The van der Waals surface area contributed by atoms with Gasteiger partial charge in [-0.1, -0.05) is 0 Å². The Morgan fingerprint density at radius 1 is 0.674 bits per heavy atom. The van der Waals surface area contributed by atoms with E-state index in [-0.39, 0.29) is 12.2 Å². The van der Waals surface area contributed by atoms with Crippen LogP contribution in [0.4, 0.5) is 36.1 Å². The molecule has 4 N–H and O–H groups in total. The summed E-state index contributed by atoms with van der Waals surface area (Å²) in [6.07, 6.45) is 1.85. The standard InChI is InChI=1S/C15H15F3N4O.C14H15BrN4O/c16-15(17,18)14-4-2-11(8-21-14)22-10-1-3-12(20-7-10)13-9-19-5-6-23-13;15-10-1-4-14(18-7-10)19-11-2-3-12(17-8-11)13-9-16-5-6-20-13/h1-4,7-8,13,19,22H,5-6,9H2;1-4,7-8,13,16H,5-6,9H2,(H,18,19)/t2*13-/m00/s1. The molecule has 2 fully saturated rings. The van der Waals surface area contributed by atoms with Crippen LogP contribution in [0.15, 0.2) is 77.8 Å². The smallest absolute Gasteiger partial charge is 0.369 e. The van der Waals surface area contributed by atoms with E-state index in [1.165, 1.54) is 6.07 Å². The van der Waals surface area contributed by atoms with Gasteiger partial charge < -0.3 is 30.7 Å². The van der Waals surface area contributed by atoms with E-state index in [1.54, 1.807) is 24.7 Å². The minimum Gasteiger partial charge on any atom is -0.369 e. The van der Waals surface area contributed by atoms with Crippen LogP contribution in [-0.4, -0.2) is 59.3 Å². The highest BCUT2D eigenvalue weighted by molar-refractivity contribution is 9.10. The van der Waals surface area contributed by atoms with Gasteiger partial charge in [-0.15, -0.1) is 0 Å². The van der Waals surface area contributed by atoms with Gasteiger partial charge in [0.1, 0.15) is 23.7 Å². The number of pyridine rings is 4. The Kier molecular flexibility index (Phi) is 10.5. The van der Waals surface area contributed by atoms with E-state index in [2.05, 4.69) is 57.1 Å². The molecule has 4 aromatic heterocycles. The first-order valence-corrected chi connectivity index (χ1v) is 14.4. The van der Waals surface area contributed by atoms with Crippen molar-refractivity contribution in [3.63, 3.8) is 0 Å². The molecule has 6 rings (SSSR count). The van der Waals surface area contributed by atoms with Gasteiger partial charge in [0, 0.05) is 36.8 Å². The van der Waals surface area contributed by atoms with Gasteiger partial charge in [-0.25, -0.2) is 9.97 Å². The fourth-order valence-electron chi connectivity index (χ4n) is 4.25. The minimum absolute atomic E-state index is 0.0450. The maximum Gasteiger partial charge on any atom is 0.433 e. The number of rotatable bonds is 6. The molecule has 4 aromatic rings. The summed E-state index contributed by atoms with van der Waals surface area (Å²) in [6.45, 7) is 4.64. The molecule has 0 bridgehead atoms. The Hall–Kier alpha value is -3.69. The average molecular weight is 660 g/mol. The van der Waals surface area contributed by atoms with Crippen molar-refractivity contribution in [1.29, 1.82) is 0 Å². The van der Waals surface area contributed by atoms with E-state index in [1.807, 2.05) is 30.3 Å². The van der Waals surface area contributed by atoms with Crippen LogP contribution in [0.25, 0.3) is 0 Å². The van der Waals surface area contributed by atoms with E-state index < -0.39 is 11.9 Å². The van der Waals surface area contributed by atoms with Crippen LogP contribution in [0.1, 0.15) is 29.3 Å². The van der Waals surface area contributed by atoms with Crippen LogP contribution >= 0.6 is 15.9 Å². The van der Waals surface area contributed by atoms with Crippen molar-refractivity contribution in [1.82, 2.24) is 30.6 Å². The van der Waals surface area contributed by atoms with Crippen LogP contribution in [0.5, 0.6) is 0 Å². The molecule has 43 heavy (non-hydrogen) atoms. The van der Waals surface area contributed by atoms with E-state index in [0.717, 1.165) is 65.9 Å². The fourth-order valence-corrected chi connectivity index (χ4v) is 4.48. The van der Waals surface area contributed by atoms with Crippen molar-refractivity contribution in [2.24, 2.45) is 0 Å². The number of morpholine rings is 2. The number of halogens is 4. The van der Waals surface area contributed by atoms with E-state index in [9.17, 15) is 13.2 Å². The number of ether oxygens (including phenoxy) is 2. The fraction of sp³-hybridized carbons (Fsp3) is 0.310. The molecule has 0 unspecified atom stereocenters. The van der Waals surface area contributed by atoms with Gasteiger partial charge in [-0.3, -0.25) is 9.97 Å². The molecule has 14 heteroatoms. The van der Waals surface area contributed by atoms with Crippen molar-refractivity contribution >= 4 is 38.8 Å². The molecule has 0 radical (unpaired) electrons. The number of hydrogen-bond donors (Lipinski definition) is 4. The number of nitrogens with one attached hydrogen (secondary N) is 4. The summed E-state index contributed by atoms with van der Waals surface area (Å²) in [5, 5.41) is 12.7. The normalized spacial score (nSPS) is 18.7. The van der Waals surface area contributed by atoms with Gasteiger partial charge in [0.15, 0.2) is 0 Å². The minimum atomic E-state index is -4.43. The molecule has 2 aliphatic heterocycles. The molecular formula is C29H30BrF3N8O2. The Bertz CT molecular complexity index is 1420. The lowest BCUT2D eigenvalue weighted by atomic mass is 10.2. The van der Waals surface area contributed by atoms with E-state index in [0.29, 0.717) is 24.5 Å². The molecule has 2 atom stereocenters. The van der Waals surface area contributed by atoms with Gasteiger partial charge in [0.05, 0.1) is 60.3 Å². The number of aromatic nitrogens is 4. The van der Waals surface area contributed by atoms with Crippen molar-refractivity contribution in [3.05, 3.63) is 94.9 Å². The number of hydrogen-bond acceptors (Lipinski definition) is 10. The van der Waals surface area contributed by atoms with E-state index in [4.69, 9.17) is 9.47 Å². The molecule has 2 saturated heterocycles. The third kappa shape index (κ3) is 9.15. The zero-order valence-corrected chi connectivity index (χ0v) is 24.5. The summed E-state index contributed by atoms with van der Waals surface area (Å²) in [5.74, 6) is 0.790. The SMILES string of the molecule is Brc1ccc(Nc2ccc([C@@H]3CNCCO3)nc2)nc1.FC(F)(F)c1ccc(Nc2ccc([C@@H]3CNCCO3)nc2)cn1. The van der Waals surface area contributed by atoms with Crippen molar-refractivity contribution in [2.45, 2.75) is 18.4 Å². The number of nitrogens with zero attached hydrogens (tertiary/aromatic N) is 4. The van der Waals surface area contributed by atoms with Gasteiger partial charge in [0.25, 0.3) is 0 Å². The van der Waals surface area contributed by atoms with Crippen LogP contribution < -0.4 is 21.3 Å². The molecular weight excluding hydrogens is 629 g/mol. The van der Waals surface area contributed by atoms with Crippen LogP contribution in [0.3, 0.4) is 0 Å². The summed E-state index contributed by atoms with van der Waals surface area (Å²) in [7, 11) is 0. The third-order valence-corrected chi connectivity index (χ3v) is 6.90. The molecule has 226 valence electrons. The molecule has 0 aromatic carbocycles. The lowest BCUT2D eigenvalue weighted by Crippen LogP contribution is -2.33. The van der Waals surface area contributed by atoms with Crippen molar-refractivity contribution < 1.29 is 22.6 Å². The lowest BCUT2D eigenvalue weighted by molar-refractivity contribution is -0.141. The summed E-state index contributed by atoms with van der Waals surface area (Å²) >= 11 is 3.36. The predicted octanol–water partition coefficient (Wildman–Crippen LogP) is 5.54. The first-order valence-electron chi connectivity index (χ1n) is 13.6. The second-order valence-corrected chi connectivity index (χ2v) is 10.5. The maximum atomic E-state index is 12.5. The summed E-state index contributed by atoms with van der Waals surface area (Å²) in [4.78, 5) is 16.4. The zero-order valence-electron chi connectivity index (χ0n) is 22.9. The Balaban J connectivity index is 0.000000173. The molecule has 2 aliphatic rings. The summed E-state index contributed by atoms with van der Waals surface area (Å²) in [6, 6.07) is 13.7. The van der Waals surface area contributed by atoms with E-state index >= 15 is 0 Å². The van der Waals surface area contributed by atoms with Gasteiger partial charge in [0.2, 0.25) is 0 Å². The third-order valence-electron chi connectivity index (χ3n) is 6.43. The van der Waals surface area contributed by atoms with Crippen molar-refractivity contribution in [2.75, 3.05) is 50.0 Å². The first-order chi connectivity index (χ1) is 20.8. The number of anilines is 4. The monoisotopic (exact) mass is 658 g/mol. The quantitative estimate of drug-likeness (QED) is 0.210. The van der Waals surface area contributed by atoms with Crippen LogP contribution in [-0.2, 0) is 15.7 Å². The molecule has 0 spiro atoms. The molecule has 6 heterocycles. The highest BCUT2D eigenvalue weighted by Gasteiger charge is 2.32. The Labute approximate surface area is 255 Å². The highest BCUT2D eigenvalue weighted by atomic mass is 79.9. The van der Waals surface area contributed by atoms with Crippen LogP contribution in [0.2, 0.25) is 0 Å². The molecule has 0 aliphatic carbocycles. The van der Waals surface area contributed by atoms with Gasteiger partial charge >= 0.3 is 6.18 Å². The summed E-state index contributed by atoms with van der Waals surface area (Å²) in [5.41, 5.74) is 2.88. The summed E-state index contributed by atoms with van der Waals surface area (Å²) < 4.78 is 49.6. The highest BCUT2D eigenvalue weighted by Crippen LogP contribution is 2.28. The molecule has 0 saturated carbocycles. The number of alkyl halides is 3. The Morgan fingerprint density at radius 3 is 1.65 bits per heavy atom.